The molecule has 0 bridgehead atoms. The van der Waals surface area contributed by atoms with Crippen LogP contribution in [0.25, 0.3) is 0 Å². The number of carbonyl (C=O) groups is 3. The van der Waals surface area contributed by atoms with Gasteiger partial charge in [-0.05, 0) is 88.5 Å². The zero-order chi connectivity index (χ0) is 35.7. The van der Waals surface area contributed by atoms with Gasteiger partial charge in [-0.2, -0.15) is 0 Å². The number of aliphatic hydroxyl groups excluding tert-OH is 1. The van der Waals surface area contributed by atoms with Crippen molar-refractivity contribution in [3.05, 3.63) is 65.2 Å². The molecule has 2 heterocycles. The molecule has 3 aliphatic rings. The van der Waals surface area contributed by atoms with Crippen molar-refractivity contribution in [2.24, 2.45) is 5.92 Å². The van der Waals surface area contributed by atoms with Crippen molar-refractivity contribution < 1.29 is 29.0 Å². The Balaban J connectivity index is 1.29. The van der Waals surface area contributed by atoms with E-state index in [1.165, 1.54) is 26.2 Å². The van der Waals surface area contributed by atoms with Crippen LogP contribution in [-0.4, -0.2) is 64.5 Å². The average molecular weight is 691 g/mol. The molecule has 5 rings (SSSR count). The first-order valence-corrected chi connectivity index (χ1v) is 18.7. The molecule has 1 saturated carbocycles. The van der Waals surface area contributed by atoms with E-state index in [-0.39, 0.29) is 48.1 Å². The maximum absolute atomic E-state index is 13.7. The molecule has 10 nitrogen and oxygen atoms in total. The summed E-state index contributed by atoms with van der Waals surface area (Å²) in [6.07, 6.45) is 9.21. The third kappa shape index (κ3) is 10.8. The predicted octanol–water partition coefficient (Wildman–Crippen LogP) is 6.30. The molecule has 1 aliphatic carbocycles. The summed E-state index contributed by atoms with van der Waals surface area (Å²) in [6.45, 7) is 8.88. The van der Waals surface area contributed by atoms with Gasteiger partial charge in [0.1, 0.15) is 0 Å². The summed E-state index contributed by atoms with van der Waals surface area (Å²) in [7, 11) is 0. The number of carbonyl (C=O) groups excluding carboxylic acids is 3. The first-order chi connectivity index (χ1) is 24.0. The lowest BCUT2D eigenvalue weighted by Crippen LogP contribution is -2.61. The van der Waals surface area contributed by atoms with Crippen LogP contribution in [0.3, 0.4) is 0 Å². The number of amides is 3. The number of rotatable bonds is 13. The number of nitrogens with zero attached hydrogens (tertiary/aromatic N) is 1. The minimum Gasteiger partial charge on any atom is -0.392 e. The highest BCUT2D eigenvalue weighted by Gasteiger charge is 2.44. The first-order valence-electron chi connectivity index (χ1n) is 18.7. The third-order valence-electron chi connectivity index (χ3n) is 10.3. The zero-order valence-corrected chi connectivity index (χ0v) is 30.4. The third-order valence-corrected chi connectivity index (χ3v) is 10.3. The number of likely N-dealkylation sites (tertiary alicyclic amines) is 1. The second-order valence-electron chi connectivity index (χ2n) is 15.5. The molecule has 0 spiro atoms. The molecule has 2 aromatic rings. The molecule has 2 saturated heterocycles. The van der Waals surface area contributed by atoms with Crippen LogP contribution in [0.5, 0.6) is 0 Å². The van der Waals surface area contributed by atoms with Crippen LogP contribution in [-0.2, 0) is 30.5 Å². The number of piperidine rings is 1. The van der Waals surface area contributed by atoms with Gasteiger partial charge in [0, 0.05) is 55.7 Å². The summed E-state index contributed by atoms with van der Waals surface area (Å²) < 4.78 is 13.4. The van der Waals surface area contributed by atoms with E-state index in [0.717, 1.165) is 55.2 Å². The molecule has 2 aliphatic heterocycles. The molecule has 50 heavy (non-hydrogen) atoms. The average Bonchev–Trinajstić information content (AvgIpc) is 3.09. The van der Waals surface area contributed by atoms with Crippen LogP contribution in [0.2, 0.25) is 0 Å². The Morgan fingerprint density at radius 3 is 2.30 bits per heavy atom. The van der Waals surface area contributed by atoms with Crippen LogP contribution < -0.4 is 16.0 Å². The lowest BCUT2D eigenvalue weighted by atomic mass is 9.75. The molecule has 3 amide bonds. The van der Waals surface area contributed by atoms with Gasteiger partial charge in [0.05, 0.1) is 24.9 Å². The molecule has 10 heteroatoms. The number of hydrogen-bond donors (Lipinski definition) is 4. The summed E-state index contributed by atoms with van der Waals surface area (Å²) in [5.74, 6) is 0.628. The van der Waals surface area contributed by atoms with Crippen molar-refractivity contribution in [2.45, 2.75) is 141 Å². The normalized spacial score (nSPS) is 25.7. The Morgan fingerprint density at radius 1 is 0.880 bits per heavy atom. The lowest BCUT2D eigenvalue weighted by Gasteiger charge is -2.50. The second-order valence-corrected chi connectivity index (χ2v) is 15.5. The Hall–Kier alpha value is -3.31. The molecule has 6 unspecified atom stereocenters. The van der Waals surface area contributed by atoms with E-state index in [1.54, 1.807) is 0 Å². The SMILES string of the molecule is CC(=O)NCCCCCC(=O)Nc1ccc(C2OC(CN3C(C(=O)NC(C)(C)C)CCC4CCCCC43)CC(c3ccc(CO)cc3)O2)cc1. The molecule has 4 N–H and O–H groups in total. The lowest BCUT2D eigenvalue weighted by molar-refractivity contribution is -0.255. The molecule has 2 aromatic carbocycles. The highest BCUT2D eigenvalue weighted by atomic mass is 16.7. The first kappa shape index (κ1) is 37.9. The largest absolute Gasteiger partial charge is 0.392 e. The summed E-state index contributed by atoms with van der Waals surface area (Å²) in [6, 6.07) is 15.7. The fourth-order valence-electron chi connectivity index (χ4n) is 7.79. The van der Waals surface area contributed by atoms with Crippen molar-refractivity contribution in [1.29, 1.82) is 0 Å². The Kier molecular flexibility index (Phi) is 13.5. The minimum atomic E-state index is -0.626. The number of fused-ring (bicyclic) bond motifs is 1. The number of nitrogens with one attached hydrogen (secondary N) is 3. The summed E-state index contributed by atoms with van der Waals surface area (Å²) in [4.78, 5) is 39.8. The van der Waals surface area contributed by atoms with E-state index in [4.69, 9.17) is 9.47 Å². The fraction of sp³-hybridized carbons (Fsp3) is 0.625. The van der Waals surface area contributed by atoms with Crippen molar-refractivity contribution in [3.63, 3.8) is 0 Å². The van der Waals surface area contributed by atoms with Crippen LogP contribution in [0, 0.1) is 5.92 Å². The van der Waals surface area contributed by atoms with Crippen LogP contribution in [0.15, 0.2) is 48.5 Å². The van der Waals surface area contributed by atoms with E-state index in [2.05, 4.69) is 20.9 Å². The molecule has 0 aromatic heterocycles. The predicted molar refractivity (Wildman–Crippen MR) is 194 cm³/mol. The zero-order valence-electron chi connectivity index (χ0n) is 30.4. The smallest absolute Gasteiger partial charge is 0.237 e. The van der Waals surface area contributed by atoms with Gasteiger partial charge >= 0.3 is 0 Å². The summed E-state index contributed by atoms with van der Waals surface area (Å²) >= 11 is 0. The molecular formula is C40H58N4O6. The van der Waals surface area contributed by atoms with E-state index in [9.17, 15) is 19.5 Å². The van der Waals surface area contributed by atoms with Gasteiger partial charge in [0.15, 0.2) is 6.29 Å². The van der Waals surface area contributed by atoms with E-state index in [0.29, 0.717) is 43.6 Å². The summed E-state index contributed by atoms with van der Waals surface area (Å²) in [5, 5.41) is 18.7. The Morgan fingerprint density at radius 2 is 1.60 bits per heavy atom. The monoisotopic (exact) mass is 690 g/mol. The standard InChI is InChI=1S/C40H58N4O6/c1-27(46)41-23-9-5-6-12-37(47)42-32-20-17-31(18-21-32)39-49-33(24-36(50-39)30-15-13-28(26-45)14-16-30)25-44-34-11-8-7-10-29(34)19-22-35(44)38(48)43-40(2,3)4/h13-18,20-21,29,33-36,39,45H,5-12,19,22-26H2,1-4H3,(H,41,46)(H,42,47)(H,43,48). The topological polar surface area (TPSA) is 129 Å². The molecule has 3 fully saturated rings. The molecule has 6 atom stereocenters. The van der Waals surface area contributed by atoms with Gasteiger partial charge in [0.2, 0.25) is 17.7 Å². The fourth-order valence-corrected chi connectivity index (χ4v) is 7.79. The quantitative estimate of drug-likeness (QED) is 0.182. The second kappa shape index (κ2) is 17.8. The highest BCUT2D eigenvalue weighted by Crippen LogP contribution is 2.42. The molecule has 0 radical (unpaired) electrons. The van der Waals surface area contributed by atoms with Gasteiger partial charge in [-0.15, -0.1) is 0 Å². The Bertz CT molecular complexity index is 1410. The Labute approximate surface area is 298 Å². The van der Waals surface area contributed by atoms with Crippen molar-refractivity contribution in [1.82, 2.24) is 15.5 Å². The van der Waals surface area contributed by atoms with Crippen molar-refractivity contribution in [3.8, 4) is 0 Å². The van der Waals surface area contributed by atoms with Gasteiger partial charge in [-0.25, -0.2) is 0 Å². The van der Waals surface area contributed by atoms with Gasteiger partial charge in [-0.3, -0.25) is 19.3 Å². The maximum Gasteiger partial charge on any atom is 0.237 e. The molecular weight excluding hydrogens is 632 g/mol. The van der Waals surface area contributed by atoms with E-state index >= 15 is 0 Å². The maximum atomic E-state index is 13.7. The van der Waals surface area contributed by atoms with Crippen molar-refractivity contribution in [2.75, 3.05) is 18.4 Å². The number of unbranched alkanes of at least 4 members (excludes halogenated alkanes) is 2. The number of hydrogen-bond acceptors (Lipinski definition) is 7. The van der Waals surface area contributed by atoms with Crippen molar-refractivity contribution >= 4 is 23.4 Å². The molecule has 274 valence electrons. The number of aliphatic hydroxyl groups is 1. The van der Waals surface area contributed by atoms with E-state index in [1.807, 2.05) is 69.3 Å². The van der Waals surface area contributed by atoms with Crippen LogP contribution >= 0.6 is 0 Å². The van der Waals surface area contributed by atoms with Gasteiger partial charge in [-0.1, -0.05) is 55.7 Å². The highest BCUT2D eigenvalue weighted by molar-refractivity contribution is 5.90. The number of benzene rings is 2. The van der Waals surface area contributed by atoms with Gasteiger partial charge < -0.3 is 30.5 Å². The van der Waals surface area contributed by atoms with Gasteiger partial charge in [0.25, 0.3) is 0 Å². The van der Waals surface area contributed by atoms with Crippen LogP contribution in [0.1, 0.15) is 127 Å². The van der Waals surface area contributed by atoms with E-state index < -0.39 is 6.29 Å². The van der Waals surface area contributed by atoms with Crippen LogP contribution in [0.4, 0.5) is 5.69 Å². The minimum absolute atomic E-state index is 0.0167. The summed E-state index contributed by atoms with van der Waals surface area (Å²) in [5.41, 5.74) is 3.14. The number of anilines is 1. The number of ether oxygens (including phenoxy) is 2.